The molecule has 1 aromatic carbocycles. The predicted octanol–water partition coefficient (Wildman–Crippen LogP) is 2.89. The molecular weight excluding hydrogens is 264 g/mol. The number of furan rings is 1. The van der Waals surface area contributed by atoms with Gasteiger partial charge in [-0.15, -0.1) is 0 Å². The van der Waals surface area contributed by atoms with Crippen molar-refractivity contribution in [3.8, 4) is 0 Å². The molecule has 3 rings (SSSR count). The van der Waals surface area contributed by atoms with Gasteiger partial charge in [-0.05, 0) is 25.5 Å². The summed E-state index contributed by atoms with van der Waals surface area (Å²) < 4.78 is 11.6. The summed E-state index contributed by atoms with van der Waals surface area (Å²) in [6, 6.07) is 8.18. The summed E-state index contributed by atoms with van der Waals surface area (Å²) in [6.07, 6.45) is 2.74. The summed E-state index contributed by atoms with van der Waals surface area (Å²) >= 11 is 0. The van der Waals surface area contributed by atoms with Gasteiger partial charge in [0.05, 0.1) is 12.6 Å². The molecule has 0 spiro atoms. The van der Waals surface area contributed by atoms with Crippen LogP contribution in [0, 0.1) is 0 Å². The topological polar surface area (TPSA) is 51.6 Å². The van der Waals surface area contributed by atoms with Crippen LogP contribution in [0.3, 0.4) is 0 Å². The third kappa shape index (κ3) is 3.12. The average Bonchev–Trinajstić information content (AvgIpc) is 3.14. The predicted molar refractivity (Wildman–Crippen MR) is 84.0 cm³/mol. The van der Waals surface area contributed by atoms with E-state index in [0.717, 1.165) is 37.6 Å². The van der Waals surface area contributed by atoms with Crippen LogP contribution in [0.2, 0.25) is 0 Å². The highest BCUT2D eigenvalue weighted by molar-refractivity contribution is 5.82. The molecule has 0 saturated carbocycles. The van der Waals surface area contributed by atoms with E-state index in [2.05, 4.69) is 24.0 Å². The highest BCUT2D eigenvalue weighted by Crippen LogP contribution is 2.27. The number of nitrogens with zero attached hydrogens (tertiary/aromatic N) is 1. The van der Waals surface area contributed by atoms with E-state index >= 15 is 0 Å². The SMILES string of the molecule is CCN(Cc1c(CN)oc2ccccc12)CC1CCCO1. The van der Waals surface area contributed by atoms with Crippen molar-refractivity contribution in [1.29, 1.82) is 0 Å². The number of rotatable bonds is 6. The van der Waals surface area contributed by atoms with Crippen LogP contribution in [0.1, 0.15) is 31.1 Å². The summed E-state index contributed by atoms with van der Waals surface area (Å²) in [7, 11) is 0. The zero-order valence-corrected chi connectivity index (χ0v) is 12.7. The van der Waals surface area contributed by atoms with Gasteiger partial charge in [-0.1, -0.05) is 25.1 Å². The molecule has 2 N–H and O–H groups in total. The van der Waals surface area contributed by atoms with Crippen molar-refractivity contribution in [2.45, 2.75) is 39.0 Å². The monoisotopic (exact) mass is 288 g/mol. The number of benzene rings is 1. The first-order valence-corrected chi connectivity index (χ1v) is 7.85. The Labute approximate surface area is 125 Å². The number of hydrogen-bond donors (Lipinski definition) is 1. The molecular formula is C17H24N2O2. The molecule has 0 amide bonds. The van der Waals surface area contributed by atoms with Crippen LogP contribution in [0.15, 0.2) is 28.7 Å². The minimum atomic E-state index is 0.379. The van der Waals surface area contributed by atoms with Crippen molar-refractivity contribution >= 4 is 11.0 Å². The zero-order chi connectivity index (χ0) is 14.7. The van der Waals surface area contributed by atoms with E-state index in [4.69, 9.17) is 14.9 Å². The summed E-state index contributed by atoms with van der Waals surface area (Å²) in [5, 5.41) is 1.18. The lowest BCUT2D eigenvalue weighted by Crippen LogP contribution is -2.31. The maximum absolute atomic E-state index is 5.88. The second-order valence-electron chi connectivity index (χ2n) is 5.67. The highest BCUT2D eigenvalue weighted by atomic mass is 16.5. The Morgan fingerprint density at radius 3 is 2.90 bits per heavy atom. The van der Waals surface area contributed by atoms with Crippen LogP contribution in [0.5, 0.6) is 0 Å². The molecule has 1 fully saturated rings. The molecule has 1 aliphatic heterocycles. The van der Waals surface area contributed by atoms with Gasteiger partial charge in [0.25, 0.3) is 0 Å². The van der Waals surface area contributed by atoms with Crippen LogP contribution in [0.25, 0.3) is 11.0 Å². The molecule has 4 nitrogen and oxygen atoms in total. The Hall–Kier alpha value is -1.36. The molecule has 21 heavy (non-hydrogen) atoms. The van der Waals surface area contributed by atoms with Gasteiger partial charge in [0.15, 0.2) is 0 Å². The summed E-state index contributed by atoms with van der Waals surface area (Å²) in [5.41, 5.74) is 8.02. The Balaban J connectivity index is 1.81. The number of ether oxygens (including phenoxy) is 1. The van der Waals surface area contributed by atoms with Gasteiger partial charge in [0.2, 0.25) is 0 Å². The molecule has 1 saturated heterocycles. The first-order valence-electron chi connectivity index (χ1n) is 7.85. The molecule has 2 heterocycles. The fourth-order valence-electron chi connectivity index (χ4n) is 3.09. The Bertz CT molecular complexity index is 587. The first kappa shape index (κ1) is 14.6. The fraction of sp³-hybridized carbons (Fsp3) is 0.529. The van der Waals surface area contributed by atoms with Crippen LogP contribution >= 0.6 is 0 Å². The minimum Gasteiger partial charge on any atom is -0.459 e. The molecule has 0 aliphatic carbocycles. The van der Waals surface area contributed by atoms with E-state index < -0.39 is 0 Å². The van der Waals surface area contributed by atoms with E-state index in [-0.39, 0.29) is 0 Å². The lowest BCUT2D eigenvalue weighted by molar-refractivity contribution is 0.0724. The normalized spacial score (nSPS) is 18.9. The van der Waals surface area contributed by atoms with Crippen LogP contribution in [-0.4, -0.2) is 30.7 Å². The molecule has 1 atom stereocenters. The van der Waals surface area contributed by atoms with Gasteiger partial charge in [0.1, 0.15) is 11.3 Å². The van der Waals surface area contributed by atoms with Crippen molar-refractivity contribution in [3.63, 3.8) is 0 Å². The van der Waals surface area contributed by atoms with Gasteiger partial charge in [-0.25, -0.2) is 0 Å². The minimum absolute atomic E-state index is 0.379. The quantitative estimate of drug-likeness (QED) is 0.888. The van der Waals surface area contributed by atoms with Crippen molar-refractivity contribution in [2.24, 2.45) is 5.73 Å². The van der Waals surface area contributed by atoms with Gasteiger partial charge in [-0.3, -0.25) is 4.90 Å². The fourth-order valence-corrected chi connectivity index (χ4v) is 3.09. The lowest BCUT2D eigenvalue weighted by atomic mass is 10.1. The van der Waals surface area contributed by atoms with E-state index in [1.807, 2.05) is 12.1 Å². The van der Waals surface area contributed by atoms with Gasteiger partial charge < -0.3 is 14.9 Å². The number of para-hydroxylation sites is 1. The molecule has 0 bridgehead atoms. The molecule has 2 aromatic rings. The van der Waals surface area contributed by atoms with Crippen LogP contribution in [0.4, 0.5) is 0 Å². The van der Waals surface area contributed by atoms with Gasteiger partial charge in [0, 0.05) is 30.6 Å². The number of hydrogen-bond acceptors (Lipinski definition) is 4. The Morgan fingerprint density at radius 1 is 1.33 bits per heavy atom. The molecule has 0 radical (unpaired) electrons. The Morgan fingerprint density at radius 2 is 2.19 bits per heavy atom. The summed E-state index contributed by atoms with van der Waals surface area (Å²) in [4.78, 5) is 2.42. The number of likely N-dealkylation sites (N-methyl/N-ethyl adjacent to an activating group) is 1. The van der Waals surface area contributed by atoms with Gasteiger partial charge >= 0.3 is 0 Å². The molecule has 1 aromatic heterocycles. The third-order valence-corrected chi connectivity index (χ3v) is 4.28. The molecule has 114 valence electrons. The second-order valence-corrected chi connectivity index (χ2v) is 5.67. The number of nitrogens with two attached hydrogens (primary N) is 1. The van der Waals surface area contributed by atoms with E-state index in [1.54, 1.807) is 0 Å². The van der Waals surface area contributed by atoms with Gasteiger partial charge in [-0.2, -0.15) is 0 Å². The lowest BCUT2D eigenvalue weighted by Gasteiger charge is -2.23. The molecule has 1 unspecified atom stereocenters. The summed E-state index contributed by atoms with van der Waals surface area (Å²) in [6.45, 7) is 6.41. The maximum atomic E-state index is 5.88. The first-order chi connectivity index (χ1) is 10.3. The molecule has 4 heteroatoms. The standard InChI is InChI=1S/C17H24N2O2/c1-2-19(11-13-6-5-9-20-13)12-15-14-7-3-4-8-16(14)21-17(15)10-18/h3-4,7-8,13H,2,5-6,9-12,18H2,1H3. The van der Waals surface area contributed by atoms with Crippen LogP contribution in [-0.2, 0) is 17.8 Å². The summed E-state index contributed by atoms with van der Waals surface area (Å²) in [5.74, 6) is 0.905. The van der Waals surface area contributed by atoms with Crippen LogP contribution < -0.4 is 5.73 Å². The Kier molecular flexibility index (Phi) is 4.58. The number of fused-ring (bicyclic) bond motifs is 1. The zero-order valence-electron chi connectivity index (χ0n) is 12.7. The highest BCUT2D eigenvalue weighted by Gasteiger charge is 2.21. The van der Waals surface area contributed by atoms with Crippen molar-refractivity contribution in [2.75, 3.05) is 19.7 Å². The second kappa shape index (κ2) is 6.60. The van der Waals surface area contributed by atoms with Crippen molar-refractivity contribution < 1.29 is 9.15 Å². The largest absolute Gasteiger partial charge is 0.459 e. The smallest absolute Gasteiger partial charge is 0.134 e. The van der Waals surface area contributed by atoms with E-state index in [0.29, 0.717) is 12.6 Å². The third-order valence-electron chi connectivity index (χ3n) is 4.28. The molecule has 1 aliphatic rings. The van der Waals surface area contributed by atoms with E-state index in [9.17, 15) is 0 Å². The van der Waals surface area contributed by atoms with Crippen molar-refractivity contribution in [3.05, 3.63) is 35.6 Å². The maximum Gasteiger partial charge on any atom is 0.134 e. The average molecular weight is 288 g/mol. The van der Waals surface area contributed by atoms with Crippen molar-refractivity contribution in [1.82, 2.24) is 4.90 Å². The van der Waals surface area contributed by atoms with E-state index in [1.165, 1.54) is 23.8 Å².